The zero-order valence-corrected chi connectivity index (χ0v) is 16.3. The predicted molar refractivity (Wildman–Crippen MR) is 100 cm³/mol. The number of nitrogens with one attached hydrogen (secondary N) is 1. The zero-order valence-electron chi connectivity index (χ0n) is 13.9. The van der Waals surface area contributed by atoms with Crippen molar-refractivity contribution in [1.29, 1.82) is 0 Å². The van der Waals surface area contributed by atoms with Crippen LogP contribution in [0.25, 0.3) is 0 Å². The van der Waals surface area contributed by atoms with Gasteiger partial charge in [-0.25, -0.2) is 8.42 Å². The fourth-order valence-electron chi connectivity index (χ4n) is 1.99. The van der Waals surface area contributed by atoms with E-state index < -0.39 is 10.0 Å². The molecule has 7 heteroatoms. The number of rotatable bonds is 6. The average molecular weight is 424 g/mol. The van der Waals surface area contributed by atoms with E-state index in [1.807, 2.05) is 31.2 Å². The average Bonchev–Trinajstić information content (AvgIpc) is 2.58. The highest BCUT2D eigenvalue weighted by atomic mass is 79.9. The third-order valence-electron chi connectivity index (χ3n) is 3.19. The fraction of sp³-hybridized carbons (Fsp3) is 0.222. The Morgan fingerprint density at radius 3 is 2.68 bits per heavy atom. The van der Waals surface area contributed by atoms with Crippen LogP contribution in [0.4, 0.5) is 0 Å². The Morgan fingerprint density at radius 1 is 1.16 bits per heavy atom. The van der Waals surface area contributed by atoms with Gasteiger partial charge in [-0.1, -0.05) is 39.9 Å². The summed E-state index contributed by atoms with van der Waals surface area (Å²) >= 11 is 3.35. The number of aryl methyl sites for hydroxylation is 1. The molecule has 1 N–H and O–H groups in total. The van der Waals surface area contributed by atoms with Crippen LogP contribution in [0.2, 0.25) is 0 Å². The van der Waals surface area contributed by atoms with Gasteiger partial charge in [0.1, 0.15) is 23.0 Å². The molecule has 2 rings (SSSR count). The maximum Gasteiger partial charge on any atom is 0.245 e. The van der Waals surface area contributed by atoms with Gasteiger partial charge in [-0.15, -0.1) is 0 Å². The van der Waals surface area contributed by atoms with Crippen LogP contribution < -0.4 is 14.2 Å². The van der Waals surface area contributed by atoms with E-state index in [4.69, 9.17) is 9.47 Å². The summed E-state index contributed by atoms with van der Waals surface area (Å²) in [4.78, 5) is 0.0992. The second-order valence-electron chi connectivity index (χ2n) is 5.08. The van der Waals surface area contributed by atoms with Crippen LogP contribution in [0.15, 0.2) is 51.8 Å². The molecule has 0 aliphatic rings. The normalized spacial score (nSPS) is 10.7. The summed E-state index contributed by atoms with van der Waals surface area (Å²) in [5.41, 5.74) is 0.828. The lowest BCUT2D eigenvalue weighted by atomic mass is 10.2. The lowest BCUT2D eigenvalue weighted by Crippen LogP contribution is -2.24. The van der Waals surface area contributed by atoms with Gasteiger partial charge >= 0.3 is 0 Å². The smallest absolute Gasteiger partial charge is 0.245 e. The second kappa shape index (κ2) is 8.90. The van der Waals surface area contributed by atoms with Crippen LogP contribution in [0.1, 0.15) is 5.56 Å². The Balaban J connectivity index is 1.92. The molecule has 0 unspecified atom stereocenters. The van der Waals surface area contributed by atoms with Crippen LogP contribution in [-0.2, 0) is 10.0 Å². The Hall–Kier alpha value is -2.01. The maximum absolute atomic E-state index is 12.4. The first-order valence-electron chi connectivity index (χ1n) is 7.41. The molecule has 0 spiro atoms. The molecule has 0 fully saturated rings. The van der Waals surface area contributed by atoms with Gasteiger partial charge in [0.15, 0.2) is 0 Å². The van der Waals surface area contributed by atoms with E-state index in [0.29, 0.717) is 11.5 Å². The van der Waals surface area contributed by atoms with Gasteiger partial charge in [0.25, 0.3) is 0 Å². The monoisotopic (exact) mass is 423 g/mol. The van der Waals surface area contributed by atoms with Crippen LogP contribution in [-0.4, -0.2) is 28.7 Å². The van der Waals surface area contributed by atoms with Crippen molar-refractivity contribution < 1.29 is 17.9 Å². The molecule has 0 aliphatic carbocycles. The molecule has 5 nitrogen and oxygen atoms in total. The molecular formula is C18H18BrNO4S. The lowest BCUT2D eigenvalue weighted by molar-refractivity contribution is 0.370. The second-order valence-corrected chi connectivity index (χ2v) is 7.73. The van der Waals surface area contributed by atoms with Crippen LogP contribution >= 0.6 is 15.9 Å². The Labute approximate surface area is 156 Å². The Kier molecular flexibility index (Phi) is 6.88. The van der Waals surface area contributed by atoms with Gasteiger partial charge in [-0.05, 0) is 42.8 Å². The number of hydrogen-bond acceptors (Lipinski definition) is 4. The van der Waals surface area contributed by atoms with Crippen molar-refractivity contribution in [3.8, 4) is 23.3 Å². The highest BCUT2D eigenvalue weighted by molar-refractivity contribution is 9.10. The van der Waals surface area contributed by atoms with Crippen molar-refractivity contribution in [2.45, 2.75) is 11.8 Å². The summed E-state index contributed by atoms with van der Waals surface area (Å²) in [6.45, 7) is 1.98. The lowest BCUT2D eigenvalue weighted by Gasteiger charge is -2.10. The highest BCUT2D eigenvalue weighted by Crippen LogP contribution is 2.24. The van der Waals surface area contributed by atoms with Gasteiger partial charge in [-0.2, -0.15) is 4.72 Å². The van der Waals surface area contributed by atoms with Crippen molar-refractivity contribution in [2.24, 2.45) is 0 Å². The quantitative estimate of drug-likeness (QED) is 0.724. The van der Waals surface area contributed by atoms with Gasteiger partial charge < -0.3 is 9.47 Å². The molecule has 0 heterocycles. The summed E-state index contributed by atoms with van der Waals surface area (Å²) in [6.07, 6.45) is 0. The van der Waals surface area contributed by atoms with Crippen molar-refractivity contribution >= 4 is 26.0 Å². The van der Waals surface area contributed by atoms with Crippen molar-refractivity contribution in [3.05, 3.63) is 52.5 Å². The molecule has 132 valence electrons. The number of methoxy groups -OCH3 is 1. The number of ether oxygens (including phenoxy) is 2. The molecule has 25 heavy (non-hydrogen) atoms. The summed E-state index contributed by atoms with van der Waals surface area (Å²) in [5, 5.41) is 0. The number of sulfonamides is 1. The van der Waals surface area contributed by atoms with Gasteiger partial charge in [0, 0.05) is 4.47 Å². The molecule has 0 aromatic heterocycles. The summed E-state index contributed by atoms with van der Waals surface area (Å²) in [5.74, 6) is 6.49. The molecule has 2 aromatic carbocycles. The molecular weight excluding hydrogens is 406 g/mol. The van der Waals surface area contributed by atoms with E-state index in [1.54, 1.807) is 18.2 Å². The Morgan fingerprint density at radius 2 is 1.96 bits per heavy atom. The van der Waals surface area contributed by atoms with Crippen LogP contribution in [0, 0.1) is 18.8 Å². The van der Waals surface area contributed by atoms with Gasteiger partial charge in [0.2, 0.25) is 10.0 Å². The van der Waals surface area contributed by atoms with Crippen LogP contribution in [0.5, 0.6) is 11.5 Å². The minimum atomic E-state index is -3.70. The topological polar surface area (TPSA) is 64.6 Å². The van der Waals surface area contributed by atoms with Crippen molar-refractivity contribution in [2.75, 3.05) is 20.3 Å². The molecule has 0 aliphatic heterocycles. The molecule has 0 bridgehead atoms. The first kappa shape index (κ1) is 19.3. The summed E-state index contributed by atoms with van der Waals surface area (Å²) < 4.78 is 38.6. The zero-order chi connectivity index (χ0) is 18.3. The third-order valence-corrected chi connectivity index (χ3v) is 5.11. The molecule has 0 amide bonds. The van der Waals surface area contributed by atoms with E-state index in [9.17, 15) is 8.42 Å². The molecule has 0 saturated heterocycles. The Bertz CT molecular complexity index is 901. The third kappa shape index (κ3) is 5.78. The fourth-order valence-corrected chi connectivity index (χ4v) is 3.55. The predicted octanol–water partition coefficient (Wildman–Crippen LogP) is 3.13. The van der Waals surface area contributed by atoms with E-state index in [2.05, 4.69) is 32.5 Å². The van der Waals surface area contributed by atoms with E-state index in [1.165, 1.54) is 7.11 Å². The van der Waals surface area contributed by atoms with Gasteiger partial charge in [-0.3, -0.25) is 0 Å². The first-order chi connectivity index (χ1) is 11.9. The van der Waals surface area contributed by atoms with E-state index in [0.717, 1.165) is 10.0 Å². The molecule has 2 aromatic rings. The van der Waals surface area contributed by atoms with Gasteiger partial charge in [0.05, 0.1) is 13.7 Å². The number of halogens is 1. The minimum absolute atomic E-state index is 0.0126. The highest BCUT2D eigenvalue weighted by Gasteiger charge is 2.18. The standard InChI is InChI=1S/C18H18BrNO4S/c1-14-8-9-17(23-2)18(12-14)25(21,22)20-10-3-4-11-24-16-7-5-6-15(19)13-16/h5-9,12-13,20H,10-11H2,1-2H3. The largest absolute Gasteiger partial charge is 0.495 e. The van der Waals surface area contributed by atoms with E-state index >= 15 is 0 Å². The van der Waals surface area contributed by atoms with E-state index in [-0.39, 0.29) is 18.0 Å². The summed E-state index contributed by atoms with van der Waals surface area (Å²) in [6, 6.07) is 12.4. The van der Waals surface area contributed by atoms with Crippen molar-refractivity contribution in [1.82, 2.24) is 4.72 Å². The number of hydrogen-bond donors (Lipinski definition) is 1. The van der Waals surface area contributed by atoms with Crippen molar-refractivity contribution in [3.63, 3.8) is 0 Å². The molecule has 0 atom stereocenters. The first-order valence-corrected chi connectivity index (χ1v) is 9.68. The number of benzene rings is 2. The SMILES string of the molecule is COc1ccc(C)cc1S(=O)(=O)NCC#CCOc1cccc(Br)c1. The molecule has 0 saturated carbocycles. The minimum Gasteiger partial charge on any atom is -0.495 e. The molecule has 0 radical (unpaired) electrons. The van der Waals surface area contributed by atoms with Crippen LogP contribution in [0.3, 0.4) is 0 Å². The maximum atomic E-state index is 12.4. The summed E-state index contributed by atoms with van der Waals surface area (Å²) in [7, 11) is -2.26.